The summed E-state index contributed by atoms with van der Waals surface area (Å²) in [5, 5.41) is 11.2. The Hall–Kier alpha value is -8.21. The largest absolute Gasteiger partial charge is 0.496 e. The Morgan fingerprint density at radius 1 is 0.486 bits per heavy atom. The lowest BCUT2D eigenvalue weighted by molar-refractivity contribution is -0.121. The van der Waals surface area contributed by atoms with Gasteiger partial charge in [0.25, 0.3) is 17.7 Å². The Kier molecular flexibility index (Phi) is 21.6. The summed E-state index contributed by atoms with van der Waals surface area (Å²) in [5.41, 5.74) is 9.38. The normalized spacial score (nSPS) is 11.5. The number of hydrogen-bond acceptors (Lipinski definition) is 12. The highest BCUT2D eigenvalue weighted by Gasteiger charge is 2.27. The van der Waals surface area contributed by atoms with E-state index in [0.29, 0.717) is 42.6 Å². The second kappa shape index (κ2) is 28.5. The molecule has 5 aromatic carbocycles. The molecule has 0 bridgehead atoms. The number of nitrogens with one attached hydrogen (secondary N) is 4. The number of amides is 5. The SMILES string of the molecule is COc1ccc(CC(=O)[C@H](CCCCNC(=O)OCc2ccccc2)NC(=O)c2cc(CC(=O)[C@H](CCCCNC(=O)OCc3ccccc3)NC(=O)c3cc(C)ccc3OC)ccc2OC)cc1C(N)=O. The number of alkyl carbamates (subject to hydrolysis) is 2. The molecule has 380 valence electrons. The molecule has 5 amide bonds. The molecule has 0 fully saturated rings. The van der Waals surface area contributed by atoms with Crippen LogP contribution in [-0.4, -0.2) is 88.0 Å². The van der Waals surface area contributed by atoms with Crippen LogP contribution in [0, 0.1) is 6.92 Å². The number of methoxy groups -OCH3 is 3. The van der Waals surface area contributed by atoms with Crippen molar-refractivity contribution >= 4 is 41.5 Å². The van der Waals surface area contributed by atoms with Crippen molar-refractivity contribution in [1.82, 2.24) is 21.3 Å². The van der Waals surface area contributed by atoms with Gasteiger partial charge in [-0.05, 0) is 104 Å². The van der Waals surface area contributed by atoms with Gasteiger partial charge in [0.05, 0.1) is 50.1 Å². The zero-order valence-corrected chi connectivity index (χ0v) is 41.1. The lowest BCUT2D eigenvalue weighted by Gasteiger charge is -2.21. The zero-order valence-electron chi connectivity index (χ0n) is 41.1. The Morgan fingerprint density at radius 2 is 0.889 bits per heavy atom. The van der Waals surface area contributed by atoms with Crippen LogP contribution in [0.15, 0.2) is 115 Å². The third-order valence-corrected chi connectivity index (χ3v) is 11.6. The van der Waals surface area contributed by atoms with Gasteiger partial charge in [0.1, 0.15) is 30.5 Å². The van der Waals surface area contributed by atoms with Gasteiger partial charge in [-0.2, -0.15) is 0 Å². The number of primary amides is 1. The van der Waals surface area contributed by atoms with Crippen molar-refractivity contribution in [2.45, 2.75) is 83.6 Å². The van der Waals surface area contributed by atoms with Crippen molar-refractivity contribution < 1.29 is 57.2 Å². The number of carbonyl (C=O) groups is 7. The van der Waals surface area contributed by atoms with Gasteiger partial charge in [0.15, 0.2) is 11.6 Å². The van der Waals surface area contributed by atoms with E-state index >= 15 is 0 Å². The molecule has 0 saturated heterocycles. The van der Waals surface area contributed by atoms with Crippen molar-refractivity contribution in [2.75, 3.05) is 34.4 Å². The molecule has 6 N–H and O–H groups in total. The molecule has 72 heavy (non-hydrogen) atoms. The highest BCUT2D eigenvalue weighted by Crippen LogP contribution is 2.24. The summed E-state index contributed by atoms with van der Waals surface area (Å²) in [5.74, 6) is -1.86. The molecule has 0 aliphatic carbocycles. The Balaban J connectivity index is 1.28. The zero-order chi connectivity index (χ0) is 51.8. The maximum Gasteiger partial charge on any atom is 0.407 e. The second-order valence-electron chi connectivity index (χ2n) is 16.9. The molecule has 0 unspecified atom stereocenters. The highest BCUT2D eigenvalue weighted by molar-refractivity contribution is 6.02. The summed E-state index contributed by atoms with van der Waals surface area (Å²) in [6, 6.07) is 31.0. The van der Waals surface area contributed by atoms with Gasteiger partial charge >= 0.3 is 12.2 Å². The lowest BCUT2D eigenvalue weighted by Crippen LogP contribution is -2.42. The highest BCUT2D eigenvalue weighted by atomic mass is 16.6. The summed E-state index contributed by atoms with van der Waals surface area (Å²) >= 11 is 0. The van der Waals surface area contributed by atoms with Crippen molar-refractivity contribution in [2.24, 2.45) is 5.73 Å². The van der Waals surface area contributed by atoms with Crippen LogP contribution < -0.4 is 41.2 Å². The molecule has 0 radical (unpaired) electrons. The fourth-order valence-corrected chi connectivity index (χ4v) is 7.72. The second-order valence-corrected chi connectivity index (χ2v) is 16.9. The summed E-state index contributed by atoms with van der Waals surface area (Å²) in [6.07, 6.45) is 0.658. The summed E-state index contributed by atoms with van der Waals surface area (Å²) in [7, 11) is 4.24. The minimum Gasteiger partial charge on any atom is -0.496 e. The molecule has 0 saturated carbocycles. The predicted molar refractivity (Wildman–Crippen MR) is 269 cm³/mol. The quantitative estimate of drug-likeness (QED) is 0.0315. The van der Waals surface area contributed by atoms with Crippen LogP contribution in [0.1, 0.15) is 97.4 Å². The van der Waals surface area contributed by atoms with Crippen molar-refractivity contribution in [1.29, 1.82) is 0 Å². The van der Waals surface area contributed by atoms with Crippen molar-refractivity contribution in [3.05, 3.63) is 160 Å². The van der Waals surface area contributed by atoms with Gasteiger partial charge in [-0.15, -0.1) is 0 Å². The fourth-order valence-electron chi connectivity index (χ4n) is 7.72. The topological polar surface area (TPSA) is 240 Å². The average molecular weight is 986 g/mol. The van der Waals surface area contributed by atoms with E-state index in [1.807, 2.05) is 67.6 Å². The summed E-state index contributed by atoms with van der Waals surface area (Å²) in [4.78, 5) is 93.1. The first-order chi connectivity index (χ1) is 34.8. The lowest BCUT2D eigenvalue weighted by atomic mass is 9.96. The number of benzene rings is 5. The van der Waals surface area contributed by atoms with Gasteiger partial charge in [-0.3, -0.25) is 24.0 Å². The molecule has 5 aromatic rings. The number of aryl methyl sites for hydroxylation is 1. The summed E-state index contributed by atoms with van der Waals surface area (Å²) < 4.78 is 26.9. The minimum atomic E-state index is -1.03. The third kappa shape index (κ3) is 17.3. The van der Waals surface area contributed by atoms with Crippen LogP contribution in [0.3, 0.4) is 0 Å². The monoisotopic (exact) mass is 985 g/mol. The molecular weight excluding hydrogens is 923 g/mol. The number of nitrogens with two attached hydrogens (primary N) is 1. The van der Waals surface area contributed by atoms with Crippen LogP contribution in [0.5, 0.6) is 17.2 Å². The molecule has 2 atom stereocenters. The van der Waals surface area contributed by atoms with E-state index in [4.69, 9.17) is 29.4 Å². The van der Waals surface area contributed by atoms with E-state index in [9.17, 15) is 33.6 Å². The number of ether oxygens (including phenoxy) is 5. The number of unbranched alkanes of at least 4 members (excludes halogenated alkanes) is 2. The first-order valence-electron chi connectivity index (χ1n) is 23.6. The van der Waals surface area contributed by atoms with Crippen LogP contribution in [-0.2, 0) is 45.1 Å². The third-order valence-electron chi connectivity index (χ3n) is 11.6. The Bertz CT molecular complexity index is 2640. The molecular formula is C55H63N5O12. The van der Waals surface area contributed by atoms with E-state index < -0.39 is 42.0 Å². The standard InChI is InChI=1S/C55H63N5O12/c1-36-21-24-49(69-3)42(29-36)52(64)59-44(19-11-13-27-57-54(66)71-34-37-15-7-5-8-16-37)47(62)33-40-23-26-50(70-4)43(31-40)53(65)60-45(46(61)32-39-22-25-48(68-2)41(30-39)51(56)63)20-12-14-28-58-55(67)72-35-38-17-9-6-10-18-38/h5-10,15-18,21-26,29-31,44-45H,11-14,19-20,27-28,32-35H2,1-4H3,(H2,56,63)(H,57,66)(H,58,67)(H,59,64)(H,60,65)/t44-,45-/m0/s1. The average Bonchev–Trinajstić information content (AvgIpc) is 3.39. The van der Waals surface area contributed by atoms with Gasteiger partial charge in [0.2, 0.25) is 0 Å². The summed E-state index contributed by atoms with van der Waals surface area (Å²) in [6.45, 7) is 2.57. The fraction of sp³-hybridized carbons (Fsp3) is 0.327. The van der Waals surface area contributed by atoms with Gasteiger partial charge < -0.3 is 50.7 Å². The molecule has 0 aliphatic rings. The smallest absolute Gasteiger partial charge is 0.407 e. The molecule has 0 spiro atoms. The van der Waals surface area contributed by atoms with Gasteiger partial charge in [-0.25, -0.2) is 9.59 Å². The molecule has 5 rings (SSSR count). The first kappa shape index (κ1) is 54.7. The van der Waals surface area contributed by atoms with Crippen LogP contribution in [0.4, 0.5) is 9.59 Å². The van der Waals surface area contributed by atoms with Gasteiger partial charge in [-0.1, -0.05) is 84.4 Å². The van der Waals surface area contributed by atoms with E-state index in [2.05, 4.69) is 21.3 Å². The van der Waals surface area contributed by atoms with E-state index in [0.717, 1.165) is 16.7 Å². The molecule has 0 aromatic heterocycles. The minimum absolute atomic E-state index is 0.0548. The number of hydrogen-bond donors (Lipinski definition) is 5. The first-order valence-corrected chi connectivity index (χ1v) is 23.6. The molecule has 0 aliphatic heterocycles. The van der Waals surface area contributed by atoms with E-state index in [1.165, 1.54) is 39.5 Å². The number of rotatable bonds is 28. The molecule has 17 heteroatoms. The maximum atomic E-state index is 14.2. The Morgan fingerprint density at radius 3 is 1.32 bits per heavy atom. The number of Topliss-reactive ketones (excluding diaryl/α,β-unsaturated/α-hetero) is 2. The Labute approximate surface area is 419 Å². The van der Waals surface area contributed by atoms with Crippen LogP contribution >= 0.6 is 0 Å². The van der Waals surface area contributed by atoms with Crippen LogP contribution in [0.2, 0.25) is 0 Å². The predicted octanol–water partition coefficient (Wildman–Crippen LogP) is 7.13. The molecule has 0 heterocycles. The van der Waals surface area contributed by atoms with Crippen LogP contribution in [0.25, 0.3) is 0 Å². The number of carbonyl (C=O) groups excluding carboxylic acids is 7. The van der Waals surface area contributed by atoms with E-state index in [-0.39, 0.29) is 91.7 Å². The van der Waals surface area contributed by atoms with Crippen molar-refractivity contribution in [3.8, 4) is 17.2 Å². The van der Waals surface area contributed by atoms with Crippen molar-refractivity contribution in [3.63, 3.8) is 0 Å². The van der Waals surface area contributed by atoms with Gasteiger partial charge in [0, 0.05) is 25.9 Å². The maximum absolute atomic E-state index is 14.2. The molecule has 17 nitrogen and oxygen atoms in total. The van der Waals surface area contributed by atoms with E-state index in [1.54, 1.807) is 36.4 Å². The number of ketones is 2.